The van der Waals surface area contributed by atoms with Crippen molar-refractivity contribution < 1.29 is 9.53 Å². The van der Waals surface area contributed by atoms with E-state index in [0.29, 0.717) is 6.61 Å². The van der Waals surface area contributed by atoms with E-state index in [0.717, 1.165) is 12.8 Å². The van der Waals surface area contributed by atoms with Crippen molar-refractivity contribution in [3.05, 3.63) is 24.8 Å². The van der Waals surface area contributed by atoms with Crippen LogP contribution in [0.15, 0.2) is 24.8 Å². The maximum Gasteiger partial charge on any atom is 0.330 e. The van der Waals surface area contributed by atoms with Crippen molar-refractivity contribution in [1.29, 1.82) is 0 Å². The van der Waals surface area contributed by atoms with E-state index in [1.165, 1.54) is 6.08 Å². The van der Waals surface area contributed by atoms with E-state index in [2.05, 4.69) is 11.3 Å². The first kappa shape index (κ1) is 9.95. The Hall–Kier alpha value is -1.05. The van der Waals surface area contributed by atoms with Gasteiger partial charge in [-0.15, -0.1) is 6.58 Å². The van der Waals surface area contributed by atoms with E-state index < -0.39 is 0 Å². The van der Waals surface area contributed by atoms with Gasteiger partial charge in [-0.1, -0.05) is 12.2 Å². The molecule has 0 spiro atoms. The fourth-order valence-electron chi connectivity index (χ4n) is 0.584. The average molecular weight is 154 g/mol. The summed E-state index contributed by atoms with van der Waals surface area (Å²) in [6.07, 6.45) is 6.81. The van der Waals surface area contributed by atoms with Crippen molar-refractivity contribution >= 4 is 5.97 Å². The zero-order valence-electron chi connectivity index (χ0n) is 6.88. The van der Waals surface area contributed by atoms with Crippen LogP contribution in [0.3, 0.4) is 0 Å². The van der Waals surface area contributed by atoms with Gasteiger partial charge < -0.3 is 4.74 Å². The van der Waals surface area contributed by atoms with Gasteiger partial charge in [0.15, 0.2) is 0 Å². The zero-order chi connectivity index (χ0) is 8.53. The molecular weight excluding hydrogens is 140 g/mol. The fraction of sp³-hybridized carbons (Fsp3) is 0.444. The highest BCUT2D eigenvalue weighted by molar-refractivity contribution is 5.81. The molecule has 0 bridgehead atoms. The van der Waals surface area contributed by atoms with Gasteiger partial charge in [-0.3, -0.25) is 0 Å². The van der Waals surface area contributed by atoms with Crippen LogP contribution in [0.5, 0.6) is 0 Å². The van der Waals surface area contributed by atoms with Crippen LogP contribution in [0.4, 0.5) is 0 Å². The highest BCUT2D eigenvalue weighted by Crippen LogP contribution is 1.91. The molecule has 0 aliphatic carbocycles. The van der Waals surface area contributed by atoms with Gasteiger partial charge in [-0.05, 0) is 19.8 Å². The molecule has 0 amide bonds. The lowest BCUT2D eigenvalue weighted by atomic mass is 10.3. The lowest BCUT2D eigenvalue weighted by molar-refractivity contribution is -0.137. The van der Waals surface area contributed by atoms with Crippen LogP contribution in [0.2, 0.25) is 0 Å². The highest BCUT2D eigenvalue weighted by Gasteiger charge is 1.90. The molecule has 11 heavy (non-hydrogen) atoms. The summed E-state index contributed by atoms with van der Waals surface area (Å²) in [7, 11) is 0. The number of hydrogen-bond acceptors (Lipinski definition) is 2. The Labute approximate surface area is 67.6 Å². The Balaban J connectivity index is 3.39. The molecule has 0 heterocycles. The van der Waals surface area contributed by atoms with Gasteiger partial charge in [-0.25, -0.2) is 4.79 Å². The van der Waals surface area contributed by atoms with Crippen molar-refractivity contribution in [3.63, 3.8) is 0 Å². The fourth-order valence-corrected chi connectivity index (χ4v) is 0.584. The molecule has 0 rings (SSSR count). The monoisotopic (exact) mass is 154 g/mol. The summed E-state index contributed by atoms with van der Waals surface area (Å²) < 4.78 is 4.67. The Morgan fingerprint density at radius 3 is 2.82 bits per heavy atom. The van der Waals surface area contributed by atoms with Crippen LogP contribution in [-0.2, 0) is 9.53 Å². The summed E-state index contributed by atoms with van der Waals surface area (Å²) in [4.78, 5) is 10.7. The summed E-state index contributed by atoms with van der Waals surface area (Å²) in [6, 6.07) is 0. The second-order valence-electron chi connectivity index (χ2n) is 2.02. The third kappa shape index (κ3) is 6.84. The van der Waals surface area contributed by atoms with Gasteiger partial charge >= 0.3 is 5.97 Å². The molecule has 0 atom stereocenters. The van der Waals surface area contributed by atoms with E-state index in [1.54, 1.807) is 13.0 Å². The molecule has 0 unspecified atom stereocenters. The van der Waals surface area contributed by atoms with Crippen LogP contribution < -0.4 is 0 Å². The number of allylic oxidation sites excluding steroid dienone is 2. The molecule has 0 aromatic heterocycles. The molecule has 0 aromatic carbocycles. The van der Waals surface area contributed by atoms with Crippen molar-refractivity contribution in [2.75, 3.05) is 6.61 Å². The first-order chi connectivity index (χ1) is 5.31. The number of carbonyl (C=O) groups excluding carboxylic acids is 1. The summed E-state index contributed by atoms with van der Waals surface area (Å²) in [5, 5.41) is 0. The van der Waals surface area contributed by atoms with Crippen molar-refractivity contribution in [2.24, 2.45) is 0 Å². The minimum absolute atomic E-state index is 0.267. The molecule has 2 nitrogen and oxygen atoms in total. The second-order valence-corrected chi connectivity index (χ2v) is 2.02. The quantitative estimate of drug-likeness (QED) is 0.262. The number of rotatable bonds is 5. The van der Waals surface area contributed by atoms with Crippen molar-refractivity contribution in [3.8, 4) is 0 Å². The SMILES string of the molecule is C=CCCC=CC(=O)OCC. The second kappa shape index (κ2) is 7.06. The molecule has 0 saturated heterocycles. The van der Waals surface area contributed by atoms with Gasteiger partial charge in [0, 0.05) is 6.08 Å². The summed E-state index contributed by atoms with van der Waals surface area (Å²) in [5.74, 6) is -0.267. The van der Waals surface area contributed by atoms with Gasteiger partial charge in [0.25, 0.3) is 0 Å². The maximum atomic E-state index is 10.7. The number of ether oxygens (including phenoxy) is 1. The third-order valence-corrected chi connectivity index (χ3v) is 1.08. The Morgan fingerprint density at radius 1 is 1.55 bits per heavy atom. The zero-order valence-corrected chi connectivity index (χ0v) is 6.88. The number of unbranched alkanes of at least 4 members (excludes halogenated alkanes) is 1. The standard InChI is InChI=1S/C9H14O2/c1-3-5-6-7-8-9(10)11-4-2/h3,7-8H,1,4-6H2,2H3. The molecule has 2 heteroatoms. The van der Waals surface area contributed by atoms with Crippen LogP contribution in [0.25, 0.3) is 0 Å². The van der Waals surface area contributed by atoms with E-state index >= 15 is 0 Å². The Kier molecular flexibility index (Phi) is 6.39. The molecule has 0 aromatic rings. The molecule has 0 fully saturated rings. The van der Waals surface area contributed by atoms with Crippen LogP contribution in [0.1, 0.15) is 19.8 Å². The van der Waals surface area contributed by atoms with Crippen LogP contribution in [0, 0.1) is 0 Å². The normalized spacial score (nSPS) is 9.91. The van der Waals surface area contributed by atoms with Gasteiger partial charge in [0.2, 0.25) is 0 Å². The Morgan fingerprint density at radius 2 is 2.27 bits per heavy atom. The third-order valence-electron chi connectivity index (χ3n) is 1.08. The number of hydrogen-bond donors (Lipinski definition) is 0. The molecule has 0 aliphatic heterocycles. The molecular formula is C9H14O2. The molecule has 62 valence electrons. The minimum Gasteiger partial charge on any atom is -0.463 e. The van der Waals surface area contributed by atoms with Crippen molar-refractivity contribution in [2.45, 2.75) is 19.8 Å². The Bertz CT molecular complexity index is 148. The average Bonchev–Trinajstić information content (AvgIpc) is 1.99. The van der Waals surface area contributed by atoms with E-state index in [1.807, 2.05) is 6.08 Å². The van der Waals surface area contributed by atoms with Gasteiger partial charge in [-0.2, -0.15) is 0 Å². The highest BCUT2D eigenvalue weighted by atomic mass is 16.5. The molecule has 0 aliphatic rings. The minimum atomic E-state index is -0.267. The predicted molar refractivity (Wildman–Crippen MR) is 45.2 cm³/mol. The summed E-state index contributed by atoms with van der Waals surface area (Å²) in [5.41, 5.74) is 0. The summed E-state index contributed by atoms with van der Waals surface area (Å²) >= 11 is 0. The summed E-state index contributed by atoms with van der Waals surface area (Å²) in [6.45, 7) is 5.79. The van der Waals surface area contributed by atoms with Crippen LogP contribution in [-0.4, -0.2) is 12.6 Å². The smallest absolute Gasteiger partial charge is 0.330 e. The molecule has 0 radical (unpaired) electrons. The lowest BCUT2D eigenvalue weighted by Crippen LogP contribution is -1.98. The van der Waals surface area contributed by atoms with E-state index in [4.69, 9.17) is 0 Å². The largest absolute Gasteiger partial charge is 0.463 e. The van der Waals surface area contributed by atoms with Crippen LogP contribution >= 0.6 is 0 Å². The number of carbonyl (C=O) groups is 1. The van der Waals surface area contributed by atoms with E-state index in [9.17, 15) is 4.79 Å². The topological polar surface area (TPSA) is 26.3 Å². The first-order valence-electron chi connectivity index (χ1n) is 3.75. The number of esters is 1. The molecule has 0 N–H and O–H groups in total. The molecule has 0 saturated carbocycles. The van der Waals surface area contributed by atoms with E-state index in [-0.39, 0.29) is 5.97 Å². The maximum absolute atomic E-state index is 10.7. The van der Waals surface area contributed by atoms with Gasteiger partial charge in [0.1, 0.15) is 0 Å². The van der Waals surface area contributed by atoms with Gasteiger partial charge in [0.05, 0.1) is 6.61 Å². The predicted octanol–water partition coefficient (Wildman–Crippen LogP) is 2.07. The van der Waals surface area contributed by atoms with Crippen molar-refractivity contribution in [1.82, 2.24) is 0 Å². The first-order valence-corrected chi connectivity index (χ1v) is 3.75. The lowest BCUT2D eigenvalue weighted by Gasteiger charge is -1.93.